The number of carbonyl (C=O) groups excluding carboxylic acids is 1. The third-order valence-electron chi connectivity index (χ3n) is 1.21. The molecule has 0 radical (unpaired) electrons. The van der Waals surface area contributed by atoms with Crippen molar-refractivity contribution in [2.24, 2.45) is 0 Å². The van der Waals surface area contributed by atoms with Crippen LogP contribution >= 0.6 is 0 Å². The van der Waals surface area contributed by atoms with Crippen LogP contribution in [-0.4, -0.2) is 5.97 Å². The Kier molecular flexibility index (Phi) is 4.80. The molecule has 1 rings (SSSR count). The van der Waals surface area contributed by atoms with Crippen LogP contribution in [-0.2, 0) is 0 Å². The third kappa shape index (κ3) is 3.12. The molecule has 12 heavy (non-hydrogen) atoms. The fourth-order valence-corrected chi connectivity index (χ4v) is 0.794. The summed E-state index contributed by atoms with van der Waals surface area (Å²) in [6.45, 7) is 0. The molecule has 0 heterocycles. The number of benzene rings is 1. The van der Waals surface area contributed by atoms with E-state index < -0.39 is 5.97 Å². The zero-order chi connectivity index (χ0) is 8.43. The third-order valence-corrected chi connectivity index (χ3v) is 1.21. The number of rotatable bonds is 1. The number of carboxylic acids is 1. The molecule has 0 unspecified atom stereocenters. The predicted molar refractivity (Wildman–Crippen MR) is 39.6 cm³/mol. The van der Waals surface area contributed by atoms with Gasteiger partial charge in [0, 0.05) is 16.9 Å². The maximum Gasteiger partial charge on any atom is 1.00 e. The SMILES string of the molecule is Nc1cc(N)cc(C(=O)[O-])c1.[K+]. The summed E-state index contributed by atoms with van der Waals surface area (Å²) in [6, 6.07) is 4.07. The molecule has 58 valence electrons. The summed E-state index contributed by atoms with van der Waals surface area (Å²) >= 11 is 0. The van der Waals surface area contributed by atoms with Crippen LogP contribution < -0.4 is 68.0 Å². The van der Waals surface area contributed by atoms with Crippen molar-refractivity contribution in [2.45, 2.75) is 0 Å². The molecule has 0 aliphatic carbocycles. The molecule has 1 aromatic carbocycles. The average Bonchev–Trinajstić information content (AvgIpc) is 1.85. The van der Waals surface area contributed by atoms with Gasteiger partial charge in [0.15, 0.2) is 0 Å². The Morgan fingerprint density at radius 2 is 1.58 bits per heavy atom. The van der Waals surface area contributed by atoms with Gasteiger partial charge < -0.3 is 21.4 Å². The Hall–Kier alpha value is -0.0736. The summed E-state index contributed by atoms with van der Waals surface area (Å²) in [5.41, 5.74) is 11.3. The first-order valence-corrected chi connectivity index (χ1v) is 2.97. The zero-order valence-electron chi connectivity index (χ0n) is 6.70. The van der Waals surface area contributed by atoms with E-state index >= 15 is 0 Å². The van der Waals surface area contributed by atoms with Crippen LogP contribution in [0.4, 0.5) is 11.4 Å². The summed E-state index contributed by atoms with van der Waals surface area (Å²) in [5, 5.41) is 10.3. The maximum atomic E-state index is 10.3. The number of carbonyl (C=O) groups is 1. The van der Waals surface area contributed by atoms with E-state index in [-0.39, 0.29) is 56.9 Å². The second-order valence-electron chi connectivity index (χ2n) is 2.18. The average molecular weight is 190 g/mol. The molecule has 0 amide bonds. The fraction of sp³-hybridized carbons (Fsp3) is 0. The minimum absolute atomic E-state index is 0. The Bertz CT molecular complexity index is 281. The molecule has 5 heteroatoms. The van der Waals surface area contributed by atoms with Gasteiger partial charge in [0.25, 0.3) is 0 Å². The van der Waals surface area contributed by atoms with E-state index in [0.717, 1.165) is 0 Å². The predicted octanol–water partition coefficient (Wildman–Crippen LogP) is -3.78. The normalized spacial score (nSPS) is 8.67. The van der Waals surface area contributed by atoms with Crippen molar-refractivity contribution < 1.29 is 61.3 Å². The topological polar surface area (TPSA) is 92.2 Å². The minimum atomic E-state index is -1.27. The molecule has 0 spiro atoms. The number of nitrogens with two attached hydrogens (primary N) is 2. The zero-order valence-corrected chi connectivity index (χ0v) is 9.83. The Labute approximate surface area is 112 Å². The molecule has 0 aromatic heterocycles. The molecule has 0 fully saturated rings. The van der Waals surface area contributed by atoms with Gasteiger partial charge in [-0.05, 0) is 18.2 Å². The Morgan fingerprint density at radius 1 is 1.17 bits per heavy atom. The molecule has 1 aromatic rings. The molecule has 0 saturated carbocycles. The summed E-state index contributed by atoms with van der Waals surface area (Å²) in [6.07, 6.45) is 0. The molecule has 0 saturated heterocycles. The standard InChI is InChI=1S/C7H8N2O2.K/c8-5-1-4(7(10)11)2-6(9)3-5;/h1-3H,8-9H2,(H,10,11);/q;+1/p-1. The molecule has 0 bridgehead atoms. The smallest absolute Gasteiger partial charge is 0.545 e. The maximum absolute atomic E-state index is 10.3. The van der Waals surface area contributed by atoms with Crippen LogP contribution in [0.1, 0.15) is 10.4 Å². The van der Waals surface area contributed by atoms with Crippen molar-refractivity contribution in [3.63, 3.8) is 0 Å². The van der Waals surface area contributed by atoms with Gasteiger partial charge in [0.2, 0.25) is 0 Å². The van der Waals surface area contributed by atoms with E-state index in [9.17, 15) is 9.90 Å². The largest absolute Gasteiger partial charge is 1.00 e. The van der Waals surface area contributed by atoms with E-state index in [1.54, 1.807) is 0 Å². The minimum Gasteiger partial charge on any atom is -0.545 e. The van der Waals surface area contributed by atoms with Crippen molar-refractivity contribution in [1.82, 2.24) is 0 Å². The molecule has 0 atom stereocenters. The second kappa shape index (κ2) is 4.83. The van der Waals surface area contributed by atoms with E-state index in [2.05, 4.69) is 0 Å². The number of anilines is 2. The van der Waals surface area contributed by atoms with Crippen LogP contribution in [0.2, 0.25) is 0 Å². The van der Waals surface area contributed by atoms with E-state index in [4.69, 9.17) is 11.5 Å². The Morgan fingerprint density at radius 3 is 1.92 bits per heavy atom. The number of aromatic carboxylic acids is 1. The van der Waals surface area contributed by atoms with Gasteiger partial charge in [-0.2, -0.15) is 0 Å². The first-order chi connectivity index (χ1) is 5.09. The molecule has 0 aliphatic rings. The van der Waals surface area contributed by atoms with Gasteiger partial charge in [-0.15, -0.1) is 0 Å². The first kappa shape index (κ1) is 11.9. The number of hydrogen-bond donors (Lipinski definition) is 2. The first-order valence-electron chi connectivity index (χ1n) is 2.97. The van der Waals surface area contributed by atoms with Gasteiger partial charge in [0.05, 0.1) is 5.97 Å². The van der Waals surface area contributed by atoms with Crippen molar-refractivity contribution in [3.8, 4) is 0 Å². The van der Waals surface area contributed by atoms with Crippen molar-refractivity contribution in [1.29, 1.82) is 0 Å². The molecule has 0 aliphatic heterocycles. The van der Waals surface area contributed by atoms with E-state index in [1.807, 2.05) is 0 Å². The number of carboxylic acid groups (broad SMARTS) is 1. The summed E-state index contributed by atoms with van der Waals surface area (Å²) in [7, 11) is 0. The summed E-state index contributed by atoms with van der Waals surface area (Å²) in [4.78, 5) is 10.3. The number of nitrogen functional groups attached to an aromatic ring is 2. The van der Waals surface area contributed by atoms with Crippen molar-refractivity contribution >= 4 is 17.3 Å². The van der Waals surface area contributed by atoms with Crippen LogP contribution in [0.25, 0.3) is 0 Å². The second-order valence-corrected chi connectivity index (χ2v) is 2.18. The molecular weight excluding hydrogens is 183 g/mol. The van der Waals surface area contributed by atoms with Crippen LogP contribution in [0.15, 0.2) is 18.2 Å². The van der Waals surface area contributed by atoms with Crippen LogP contribution in [0.3, 0.4) is 0 Å². The van der Waals surface area contributed by atoms with Gasteiger partial charge in [-0.25, -0.2) is 0 Å². The number of hydrogen-bond acceptors (Lipinski definition) is 4. The van der Waals surface area contributed by atoms with Gasteiger partial charge >= 0.3 is 51.4 Å². The van der Waals surface area contributed by atoms with Crippen LogP contribution in [0.5, 0.6) is 0 Å². The molecule has 4 nitrogen and oxygen atoms in total. The van der Waals surface area contributed by atoms with Crippen LogP contribution in [0, 0.1) is 0 Å². The molecule has 4 N–H and O–H groups in total. The monoisotopic (exact) mass is 190 g/mol. The molecular formula is C7H7KN2O2. The van der Waals surface area contributed by atoms with Gasteiger partial charge in [-0.1, -0.05) is 0 Å². The van der Waals surface area contributed by atoms with E-state index in [1.165, 1.54) is 18.2 Å². The quantitative estimate of drug-likeness (QED) is 0.351. The Balaban J connectivity index is 0.00000121. The van der Waals surface area contributed by atoms with Gasteiger partial charge in [0.1, 0.15) is 0 Å². The van der Waals surface area contributed by atoms with Gasteiger partial charge in [-0.3, -0.25) is 0 Å². The van der Waals surface area contributed by atoms with E-state index in [0.29, 0.717) is 11.4 Å². The van der Waals surface area contributed by atoms with Crippen molar-refractivity contribution in [2.75, 3.05) is 11.5 Å². The fourth-order valence-electron chi connectivity index (χ4n) is 0.794. The summed E-state index contributed by atoms with van der Waals surface area (Å²) in [5.74, 6) is -1.27. The summed E-state index contributed by atoms with van der Waals surface area (Å²) < 4.78 is 0. The van der Waals surface area contributed by atoms with Crippen molar-refractivity contribution in [3.05, 3.63) is 23.8 Å².